The molecule has 4 rings (SSSR count). The van der Waals surface area contributed by atoms with E-state index in [1.54, 1.807) is 5.70 Å². The van der Waals surface area contributed by atoms with E-state index >= 15 is 0 Å². The summed E-state index contributed by atoms with van der Waals surface area (Å²) in [5.41, 5.74) is 1.60. The van der Waals surface area contributed by atoms with E-state index in [1.165, 1.54) is 38.5 Å². The topological polar surface area (TPSA) is 20.3 Å². The lowest BCUT2D eigenvalue weighted by atomic mass is 9.66. The van der Waals surface area contributed by atoms with Gasteiger partial charge in [0.25, 0.3) is 0 Å². The summed E-state index contributed by atoms with van der Waals surface area (Å²) >= 11 is 0. The van der Waals surface area contributed by atoms with E-state index in [0.29, 0.717) is 30.1 Å². The molecule has 21 heavy (non-hydrogen) atoms. The van der Waals surface area contributed by atoms with Gasteiger partial charge in [-0.25, -0.2) is 0 Å². The molecule has 1 heterocycles. The summed E-state index contributed by atoms with van der Waals surface area (Å²) in [6, 6.07) is 1.46. The number of fused-ring (bicyclic) bond motifs is 3. The standard InChI is InChI=1S/C19H27NO/c1-13-9-10-16-15-7-4-8-19(21)17(15)11-12-18(16)20(13)14-5-2-3-6-14/h4,7,12-17H,2-3,5-6,8-11H2,1H3/t13?,15?,16-,17?/m0/s1. The van der Waals surface area contributed by atoms with Crippen LogP contribution in [0, 0.1) is 17.8 Å². The second-order valence-electron chi connectivity index (χ2n) is 7.53. The van der Waals surface area contributed by atoms with Gasteiger partial charge in [-0.2, -0.15) is 0 Å². The van der Waals surface area contributed by atoms with Crippen LogP contribution in [0.15, 0.2) is 23.9 Å². The SMILES string of the molecule is CC1CC[C@@H]2C(=CCC3C(=O)CC=CC32)N1C1CCCC1. The molecule has 1 aliphatic heterocycles. The molecule has 0 radical (unpaired) electrons. The molecule has 0 bridgehead atoms. The van der Waals surface area contributed by atoms with Crippen molar-refractivity contribution < 1.29 is 4.79 Å². The average Bonchev–Trinajstić information content (AvgIpc) is 3.01. The third-order valence-corrected chi connectivity index (χ3v) is 6.37. The Hall–Kier alpha value is -1.05. The first kappa shape index (κ1) is 13.6. The second kappa shape index (κ2) is 5.30. The first-order valence-corrected chi connectivity index (χ1v) is 8.93. The maximum atomic E-state index is 12.2. The Morgan fingerprint density at radius 1 is 1.10 bits per heavy atom. The van der Waals surface area contributed by atoms with E-state index in [9.17, 15) is 4.79 Å². The third kappa shape index (κ3) is 2.18. The van der Waals surface area contributed by atoms with E-state index < -0.39 is 0 Å². The van der Waals surface area contributed by atoms with Crippen LogP contribution in [-0.2, 0) is 4.79 Å². The molecule has 2 fully saturated rings. The Morgan fingerprint density at radius 2 is 1.90 bits per heavy atom. The van der Waals surface area contributed by atoms with Crippen molar-refractivity contribution in [1.29, 1.82) is 0 Å². The van der Waals surface area contributed by atoms with E-state index in [1.807, 2.05) is 0 Å². The Labute approximate surface area is 128 Å². The number of ketones is 1. The predicted octanol–water partition coefficient (Wildman–Crippen LogP) is 4.08. The highest BCUT2D eigenvalue weighted by atomic mass is 16.1. The molecule has 4 atom stereocenters. The molecule has 2 heteroatoms. The van der Waals surface area contributed by atoms with Crippen LogP contribution in [0.4, 0.5) is 0 Å². The zero-order valence-corrected chi connectivity index (χ0v) is 13.1. The van der Waals surface area contributed by atoms with Gasteiger partial charge < -0.3 is 4.90 Å². The molecule has 0 N–H and O–H groups in total. The number of likely N-dealkylation sites (tertiary alicyclic amines) is 1. The monoisotopic (exact) mass is 285 g/mol. The highest BCUT2D eigenvalue weighted by Crippen LogP contribution is 2.47. The Kier molecular flexibility index (Phi) is 3.43. The van der Waals surface area contributed by atoms with Gasteiger partial charge in [-0.15, -0.1) is 0 Å². The van der Waals surface area contributed by atoms with Crippen molar-refractivity contribution in [1.82, 2.24) is 4.90 Å². The predicted molar refractivity (Wildman–Crippen MR) is 84.7 cm³/mol. The number of rotatable bonds is 1. The van der Waals surface area contributed by atoms with Crippen LogP contribution in [0.5, 0.6) is 0 Å². The molecule has 0 spiro atoms. The number of carbonyl (C=O) groups excluding carboxylic acids is 1. The van der Waals surface area contributed by atoms with Crippen molar-refractivity contribution in [2.75, 3.05) is 0 Å². The smallest absolute Gasteiger partial charge is 0.140 e. The molecule has 3 aliphatic carbocycles. The lowest BCUT2D eigenvalue weighted by molar-refractivity contribution is -0.124. The minimum atomic E-state index is 0.280. The minimum absolute atomic E-state index is 0.280. The van der Waals surface area contributed by atoms with Crippen molar-refractivity contribution >= 4 is 5.78 Å². The Balaban J connectivity index is 1.66. The quantitative estimate of drug-likeness (QED) is 0.677. The summed E-state index contributed by atoms with van der Waals surface area (Å²) in [4.78, 5) is 15.0. The van der Waals surface area contributed by atoms with Crippen LogP contribution in [0.1, 0.15) is 58.3 Å². The van der Waals surface area contributed by atoms with E-state index in [2.05, 4.69) is 30.1 Å². The maximum Gasteiger partial charge on any atom is 0.140 e. The number of nitrogens with zero attached hydrogens (tertiary/aromatic N) is 1. The largest absolute Gasteiger partial charge is 0.369 e. The van der Waals surface area contributed by atoms with Gasteiger partial charge in [-0.05, 0) is 44.9 Å². The summed E-state index contributed by atoms with van der Waals surface area (Å²) in [7, 11) is 0. The molecule has 114 valence electrons. The van der Waals surface area contributed by atoms with Gasteiger partial charge in [0, 0.05) is 36.0 Å². The van der Waals surface area contributed by atoms with Crippen molar-refractivity contribution in [2.45, 2.75) is 70.4 Å². The Bertz CT molecular complexity index is 486. The summed E-state index contributed by atoms with van der Waals surface area (Å²) in [5.74, 6) is 1.86. The van der Waals surface area contributed by atoms with Crippen molar-refractivity contribution in [3.63, 3.8) is 0 Å². The average molecular weight is 285 g/mol. The molecule has 0 amide bonds. The van der Waals surface area contributed by atoms with Crippen LogP contribution in [0.2, 0.25) is 0 Å². The maximum absolute atomic E-state index is 12.2. The molecule has 0 aromatic heterocycles. The molecular formula is C19H27NO. The second-order valence-corrected chi connectivity index (χ2v) is 7.53. The van der Waals surface area contributed by atoms with Crippen LogP contribution >= 0.6 is 0 Å². The molecule has 4 aliphatic rings. The van der Waals surface area contributed by atoms with Crippen molar-refractivity contribution in [3.8, 4) is 0 Å². The number of Topliss-reactive ketones (excluding diaryl/α,β-unsaturated/α-hetero) is 1. The molecule has 1 saturated carbocycles. The first-order valence-electron chi connectivity index (χ1n) is 8.93. The van der Waals surface area contributed by atoms with E-state index in [-0.39, 0.29) is 5.92 Å². The molecular weight excluding hydrogens is 258 g/mol. The molecule has 0 aromatic carbocycles. The number of allylic oxidation sites excluding steroid dienone is 4. The lowest BCUT2D eigenvalue weighted by Gasteiger charge is -2.50. The summed E-state index contributed by atoms with van der Waals surface area (Å²) in [6.45, 7) is 2.41. The fourth-order valence-corrected chi connectivity index (χ4v) is 5.35. The van der Waals surface area contributed by atoms with Crippen LogP contribution in [0.25, 0.3) is 0 Å². The van der Waals surface area contributed by atoms with Gasteiger partial charge in [-0.1, -0.05) is 31.1 Å². The minimum Gasteiger partial charge on any atom is -0.369 e. The lowest BCUT2D eigenvalue weighted by Crippen LogP contribution is -2.49. The van der Waals surface area contributed by atoms with Crippen molar-refractivity contribution in [2.24, 2.45) is 17.8 Å². The Morgan fingerprint density at radius 3 is 2.71 bits per heavy atom. The highest BCUT2D eigenvalue weighted by Gasteiger charge is 2.44. The third-order valence-electron chi connectivity index (χ3n) is 6.37. The fraction of sp³-hybridized carbons (Fsp3) is 0.737. The fourth-order valence-electron chi connectivity index (χ4n) is 5.35. The number of carbonyl (C=O) groups is 1. The van der Waals surface area contributed by atoms with Crippen LogP contribution in [0.3, 0.4) is 0 Å². The van der Waals surface area contributed by atoms with E-state index in [4.69, 9.17) is 0 Å². The van der Waals surface area contributed by atoms with Gasteiger partial charge in [0.15, 0.2) is 0 Å². The summed E-state index contributed by atoms with van der Waals surface area (Å²) < 4.78 is 0. The molecule has 2 nitrogen and oxygen atoms in total. The van der Waals surface area contributed by atoms with Gasteiger partial charge in [-0.3, -0.25) is 4.79 Å². The van der Waals surface area contributed by atoms with Gasteiger partial charge in [0.05, 0.1) is 0 Å². The zero-order valence-electron chi connectivity index (χ0n) is 13.1. The molecule has 0 aromatic rings. The number of piperidine rings is 1. The number of hydrogen-bond donors (Lipinski definition) is 0. The van der Waals surface area contributed by atoms with E-state index in [0.717, 1.165) is 12.5 Å². The molecule has 3 unspecified atom stereocenters. The van der Waals surface area contributed by atoms with Crippen LogP contribution < -0.4 is 0 Å². The molecule has 1 saturated heterocycles. The highest BCUT2D eigenvalue weighted by molar-refractivity contribution is 5.84. The van der Waals surface area contributed by atoms with Gasteiger partial charge in [0.1, 0.15) is 5.78 Å². The first-order chi connectivity index (χ1) is 10.3. The van der Waals surface area contributed by atoms with Crippen molar-refractivity contribution in [3.05, 3.63) is 23.9 Å². The summed E-state index contributed by atoms with van der Waals surface area (Å²) in [6.07, 6.45) is 16.7. The van der Waals surface area contributed by atoms with Gasteiger partial charge >= 0.3 is 0 Å². The summed E-state index contributed by atoms with van der Waals surface area (Å²) in [5, 5.41) is 0. The normalized spacial score (nSPS) is 40.0. The zero-order chi connectivity index (χ0) is 14.4. The van der Waals surface area contributed by atoms with Gasteiger partial charge in [0.2, 0.25) is 0 Å². The van der Waals surface area contributed by atoms with Crippen LogP contribution in [-0.4, -0.2) is 22.8 Å². The number of hydrogen-bond acceptors (Lipinski definition) is 2.